The lowest BCUT2D eigenvalue weighted by Gasteiger charge is -2.05. The highest BCUT2D eigenvalue weighted by molar-refractivity contribution is 5.45. The molecule has 0 atom stereocenters. The van der Waals surface area contributed by atoms with E-state index >= 15 is 0 Å². The van der Waals surface area contributed by atoms with Crippen LogP contribution in [0.3, 0.4) is 0 Å². The molecule has 5 heteroatoms. The highest BCUT2D eigenvalue weighted by Crippen LogP contribution is 2.16. The summed E-state index contributed by atoms with van der Waals surface area (Å²) in [5.41, 5.74) is 9.16. The molecule has 3 N–H and O–H groups in total. The fraction of sp³-hybridized carbons (Fsp3) is 0.333. The van der Waals surface area contributed by atoms with E-state index in [4.69, 9.17) is 5.73 Å². The second-order valence-electron chi connectivity index (χ2n) is 4.08. The molecule has 90 valence electrons. The number of aromatic nitrogens is 3. The molecule has 1 aromatic heterocycles. The van der Waals surface area contributed by atoms with Gasteiger partial charge in [0.2, 0.25) is 11.9 Å². The molecule has 0 aliphatic rings. The normalized spacial score (nSPS) is 10.5. The van der Waals surface area contributed by atoms with Crippen LogP contribution >= 0.6 is 0 Å². The first-order valence-electron chi connectivity index (χ1n) is 5.65. The Morgan fingerprint density at radius 3 is 2.47 bits per heavy atom. The predicted octanol–water partition coefficient (Wildman–Crippen LogP) is 1.90. The summed E-state index contributed by atoms with van der Waals surface area (Å²) in [6, 6.07) is 6.18. The summed E-state index contributed by atoms with van der Waals surface area (Å²) in [5, 5.41) is 7.37. The molecule has 0 radical (unpaired) electrons. The molecule has 5 nitrogen and oxygen atoms in total. The van der Waals surface area contributed by atoms with Gasteiger partial charge in [-0.15, -0.1) is 5.10 Å². The summed E-state index contributed by atoms with van der Waals surface area (Å²) in [5.74, 6) is 0.954. The van der Waals surface area contributed by atoms with Gasteiger partial charge >= 0.3 is 0 Å². The minimum atomic E-state index is 0.394. The molecule has 0 spiro atoms. The van der Waals surface area contributed by atoms with Crippen molar-refractivity contribution in [3.05, 3.63) is 29.3 Å². The molecule has 0 aliphatic heterocycles. The zero-order valence-electron chi connectivity index (χ0n) is 10.4. The fourth-order valence-electron chi connectivity index (χ4n) is 1.82. The average Bonchev–Trinajstić information content (AvgIpc) is 2.58. The SMILES string of the molecule is CCNc1nc(N)n(-c2cc(C)cc(C)c2)n1. The maximum atomic E-state index is 5.85. The number of aryl methyl sites for hydroxylation is 2. The van der Waals surface area contributed by atoms with E-state index < -0.39 is 0 Å². The first-order chi connectivity index (χ1) is 8.10. The van der Waals surface area contributed by atoms with Crippen molar-refractivity contribution in [2.75, 3.05) is 17.6 Å². The van der Waals surface area contributed by atoms with Crippen LogP contribution < -0.4 is 11.1 Å². The van der Waals surface area contributed by atoms with Gasteiger partial charge in [-0.25, -0.2) is 0 Å². The van der Waals surface area contributed by atoms with Crippen LogP contribution in [-0.4, -0.2) is 21.3 Å². The monoisotopic (exact) mass is 231 g/mol. The highest BCUT2D eigenvalue weighted by Gasteiger charge is 2.08. The molecule has 2 aromatic rings. The predicted molar refractivity (Wildman–Crippen MR) is 69.4 cm³/mol. The molecular formula is C12H17N5. The molecule has 17 heavy (non-hydrogen) atoms. The standard InChI is InChI=1S/C12H17N5/c1-4-14-12-15-11(13)17(16-12)10-6-8(2)5-9(3)7-10/h5-7H,4H2,1-3H3,(H3,13,14,15,16). The van der Waals surface area contributed by atoms with Gasteiger partial charge in [-0.1, -0.05) is 6.07 Å². The van der Waals surface area contributed by atoms with Crippen molar-refractivity contribution >= 4 is 11.9 Å². The minimum absolute atomic E-state index is 0.394. The van der Waals surface area contributed by atoms with Crippen molar-refractivity contribution in [2.45, 2.75) is 20.8 Å². The number of nitrogen functional groups attached to an aromatic ring is 1. The van der Waals surface area contributed by atoms with Gasteiger partial charge in [-0.2, -0.15) is 9.67 Å². The van der Waals surface area contributed by atoms with Crippen LogP contribution in [0.5, 0.6) is 0 Å². The van der Waals surface area contributed by atoms with Gasteiger partial charge in [0.15, 0.2) is 0 Å². The Labute approximate surface area is 101 Å². The van der Waals surface area contributed by atoms with Gasteiger partial charge < -0.3 is 11.1 Å². The van der Waals surface area contributed by atoms with Crippen LogP contribution in [0.25, 0.3) is 5.69 Å². The third-order valence-electron chi connectivity index (χ3n) is 2.42. The molecule has 1 heterocycles. The van der Waals surface area contributed by atoms with E-state index in [0.29, 0.717) is 11.9 Å². The number of hydrogen-bond donors (Lipinski definition) is 2. The van der Waals surface area contributed by atoms with Crippen molar-refractivity contribution in [1.82, 2.24) is 14.8 Å². The summed E-state index contributed by atoms with van der Waals surface area (Å²) < 4.78 is 1.65. The minimum Gasteiger partial charge on any atom is -0.368 e. The number of nitrogens with zero attached hydrogens (tertiary/aromatic N) is 3. The van der Waals surface area contributed by atoms with Gasteiger partial charge in [-0.05, 0) is 44.0 Å². The highest BCUT2D eigenvalue weighted by atomic mass is 15.4. The van der Waals surface area contributed by atoms with E-state index in [1.165, 1.54) is 11.1 Å². The summed E-state index contributed by atoms with van der Waals surface area (Å²) >= 11 is 0. The van der Waals surface area contributed by atoms with Crippen LogP contribution in [0.4, 0.5) is 11.9 Å². The van der Waals surface area contributed by atoms with Crippen molar-refractivity contribution in [1.29, 1.82) is 0 Å². The Morgan fingerprint density at radius 2 is 1.88 bits per heavy atom. The van der Waals surface area contributed by atoms with Gasteiger partial charge in [0.25, 0.3) is 0 Å². The number of nitrogens with one attached hydrogen (secondary N) is 1. The summed E-state index contributed by atoms with van der Waals surface area (Å²) in [7, 11) is 0. The van der Waals surface area contributed by atoms with E-state index in [0.717, 1.165) is 12.2 Å². The summed E-state index contributed by atoms with van der Waals surface area (Å²) in [6.07, 6.45) is 0. The van der Waals surface area contributed by atoms with Crippen molar-refractivity contribution in [3.8, 4) is 5.69 Å². The largest absolute Gasteiger partial charge is 0.368 e. The van der Waals surface area contributed by atoms with E-state index in [-0.39, 0.29) is 0 Å². The van der Waals surface area contributed by atoms with E-state index in [1.54, 1.807) is 4.68 Å². The second kappa shape index (κ2) is 4.45. The Hall–Kier alpha value is -2.04. The maximum Gasteiger partial charge on any atom is 0.244 e. The molecule has 0 amide bonds. The van der Waals surface area contributed by atoms with E-state index in [9.17, 15) is 0 Å². The van der Waals surface area contributed by atoms with Gasteiger partial charge in [0, 0.05) is 6.54 Å². The van der Waals surface area contributed by atoms with Crippen molar-refractivity contribution in [3.63, 3.8) is 0 Å². The van der Waals surface area contributed by atoms with Crippen LogP contribution in [0.1, 0.15) is 18.1 Å². The Morgan fingerprint density at radius 1 is 1.24 bits per heavy atom. The quantitative estimate of drug-likeness (QED) is 0.846. The molecule has 1 aromatic carbocycles. The number of anilines is 2. The topological polar surface area (TPSA) is 68.8 Å². The molecule has 2 rings (SSSR count). The Bertz CT molecular complexity index is 509. The molecule has 0 aliphatic carbocycles. The smallest absolute Gasteiger partial charge is 0.244 e. The van der Waals surface area contributed by atoms with Gasteiger partial charge in [0.1, 0.15) is 0 Å². The molecular weight excluding hydrogens is 214 g/mol. The summed E-state index contributed by atoms with van der Waals surface area (Å²) in [4.78, 5) is 4.15. The van der Waals surface area contributed by atoms with Crippen LogP contribution in [0.2, 0.25) is 0 Å². The van der Waals surface area contributed by atoms with Crippen LogP contribution in [0, 0.1) is 13.8 Å². The van der Waals surface area contributed by atoms with Crippen molar-refractivity contribution in [2.24, 2.45) is 0 Å². The maximum absolute atomic E-state index is 5.85. The first-order valence-corrected chi connectivity index (χ1v) is 5.65. The number of rotatable bonds is 3. The number of nitrogens with two attached hydrogens (primary N) is 1. The van der Waals surface area contributed by atoms with Crippen molar-refractivity contribution < 1.29 is 0 Å². The molecule has 0 unspecified atom stereocenters. The van der Waals surface area contributed by atoms with Gasteiger partial charge in [0.05, 0.1) is 5.69 Å². The lowest BCUT2D eigenvalue weighted by Crippen LogP contribution is -2.03. The first kappa shape index (κ1) is 11.4. The average molecular weight is 231 g/mol. The molecule has 0 saturated heterocycles. The van der Waals surface area contributed by atoms with Gasteiger partial charge in [-0.3, -0.25) is 0 Å². The molecule has 0 fully saturated rings. The fourth-order valence-corrected chi connectivity index (χ4v) is 1.82. The third-order valence-corrected chi connectivity index (χ3v) is 2.42. The molecule has 0 bridgehead atoms. The molecule has 0 saturated carbocycles. The Kier molecular flexibility index (Phi) is 2.99. The third kappa shape index (κ3) is 2.38. The second-order valence-corrected chi connectivity index (χ2v) is 4.08. The number of benzene rings is 1. The zero-order chi connectivity index (χ0) is 12.4. The lowest BCUT2D eigenvalue weighted by molar-refractivity contribution is 0.886. The van der Waals surface area contributed by atoms with E-state index in [2.05, 4.69) is 35.3 Å². The summed E-state index contributed by atoms with van der Waals surface area (Å²) in [6.45, 7) is 6.87. The lowest BCUT2D eigenvalue weighted by atomic mass is 10.1. The van der Waals surface area contributed by atoms with Crippen LogP contribution in [-0.2, 0) is 0 Å². The van der Waals surface area contributed by atoms with E-state index in [1.807, 2.05) is 19.1 Å². The zero-order valence-corrected chi connectivity index (χ0v) is 10.4. The number of hydrogen-bond acceptors (Lipinski definition) is 4. The van der Waals surface area contributed by atoms with Crippen LogP contribution in [0.15, 0.2) is 18.2 Å². The Balaban J connectivity index is 2.44.